The molecule has 0 aliphatic heterocycles. The molecule has 0 saturated carbocycles. The molecule has 0 fully saturated rings. The van der Waals surface area contributed by atoms with E-state index in [9.17, 15) is 18.5 Å². The van der Waals surface area contributed by atoms with E-state index in [1.165, 1.54) is 31.6 Å². The number of rotatable bonds is 5. The van der Waals surface area contributed by atoms with Crippen molar-refractivity contribution >= 4 is 16.1 Å². The molecule has 0 saturated heterocycles. The van der Waals surface area contributed by atoms with Gasteiger partial charge in [-0.1, -0.05) is 18.2 Å². The second kappa shape index (κ2) is 7.54. The summed E-state index contributed by atoms with van der Waals surface area (Å²) in [6, 6.07) is 14.6. The highest BCUT2D eigenvalue weighted by Crippen LogP contribution is 2.29. The summed E-state index contributed by atoms with van der Waals surface area (Å²) in [5.41, 5.74) is 1.12. The first-order valence-electron chi connectivity index (χ1n) is 8.16. The van der Waals surface area contributed by atoms with Gasteiger partial charge >= 0.3 is 6.09 Å². The quantitative estimate of drug-likeness (QED) is 0.709. The van der Waals surface area contributed by atoms with Crippen molar-refractivity contribution in [1.29, 1.82) is 5.26 Å². The highest BCUT2D eigenvalue weighted by atomic mass is 32.2. The number of nitrogens with zero attached hydrogens (tertiary/aromatic N) is 4. The van der Waals surface area contributed by atoms with Crippen LogP contribution in [0.25, 0.3) is 11.3 Å². The van der Waals surface area contributed by atoms with Gasteiger partial charge in [-0.15, -0.1) is 0 Å². The van der Waals surface area contributed by atoms with Crippen molar-refractivity contribution in [3.05, 3.63) is 72.2 Å². The predicted molar refractivity (Wildman–Crippen MR) is 101 cm³/mol. The first-order valence-corrected chi connectivity index (χ1v) is 9.60. The standard InChI is InChI=1S/C19H16N4O4S/c1-22(19(24)25)12-14-10-18(16-8-5-9-21-17(16)11-20)23(13-14)28(26,27)15-6-3-2-4-7-15/h2-10,13H,12H2,1H3,(H,24,25). The van der Waals surface area contributed by atoms with Gasteiger partial charge in [-0.3, -0.25) is 0 Å². The summed E-state index contributed by atoms with van der Waals surface area (Å²) < 4.78 is 27.4. The molecule has 9 heteroatoms. The van der Waals surface area contributed by atoms with Gasteiger partial charge in [-0.25, -0.2) is 22.2 Å². The van der Waals surface area contributed by atoms with Gasteiger partial charge in [0.1, 0.15) is 11.8 Å². The van der Waals surface area contributed by atoms with Crippen LogP contribution in [-0.4, -0.2) is 40.5 Å². The monoisotopic (exact) mass is 396 g/mol. The molecule has 0 unspecified atom stereocenters. The van der Waals surface area contributed by atoms with Gasteiger partial charge in [-0.05, 0) is 35.9 Å². The summed E-state index contributed by atoms with van der Waals surface area (Å²) >= 11 is 0. The van der Waals surface area contributed by atoms with Gasteiger partial charge in [0.15, 0.2) is 0 Å². The van der Waals surface area contributed by atoms with Crippen molar-refractivity contribution in [2.75, 3.05) is 7.05 Å². The zero-order chi connectivity index (χ0) is 20.3. The molecule has 142 valence electrons. The van der Waals surface area contributed by atoms with Gasteiger partial charge < -0.3 is 10.0 Å². The number of nitriles is 1. The fraction of sp³-hybridized carbons (Fsp3) is 0.105. The average Bonchev–Trinajstić information content (AvgIpc) is 3.13. The first kappa shape index (κ1) is 19.1. The number of pyridine rings is 1. The Balaban J connectivity index is 2.22. The summed E-state index contributed by atoms with van der Waals surface area (Å²) in [6.45, 7) is -0.0121. The molecule has 0 atom stereocenters. The Bertz CT molecular complexity index is 1160. The van der Waals surface area contributed by atoms with Crippen LogP contribution in [-0.2, 0) is 16.6 Å². The van der Waals surface area contributed by atoms with E-state index in [0.29, 0.717) is 11.1 Å². The lowest BCUT2D eigenvalue weighted by Gasteiger charge is -2.11. The number of benzene rings is 1. The molecular weight excluding hydrogens is 380 g/mol. The maximum atomic E-state index is 13.2. The van der Waals surface area contributed by atoms with Crippen molar-refractivity contribution < 1.29 is 18.3 Å². The zero-order valence-electron chi connectivity index (χ0n) is 14.8. The van der Waals surface area contributed by atoms with Crippen LogP contribution >= 0.6 is 0 Å². The molecular formula is C19H16N4O4S. The molecule has 3 aromatic rings. The van der Waals surface area contributed by atoms with Crippen LogP contribution in [0.1, 0.15) is 11.3 Å². The van der Waals surface area contributed by atoms with E-state index < -0.39 is 16.1 Å². The summed E-state index contributed by atoms with van der Waals surface area (Å²) in [4.78, 5) is 16.2. The van der Waals surface area contributed by atoms with E-state index in [1.807, 2.05) is 6.07 Å². The van der Waals surface area contributed by atoms with Crippen LogP contribution in [0.15, 0.2) is 65.8 Å². The Kier molecular flexibility index (Phi) is 5.15. The van der Waals surface area contributed by atoms with E-state index in [2.05, 4.69) is 4.98 Å². The largest absolute Gasteiger partial charge is 0.465 e. The van der Waals surface area contributed by atoms with Crippen LogP contribution in [0.2, 0.25) is 0 Å². The Labute approximate surface area is 162 Å². The lowest BCUT2D eigenvalue weighted by molar-refractivity contribution is 0.154. The fourth-order valence-electron chi connectivity index (χ4n) is 2.73. The highest BCUT2D eigenvalue weighted by Gasteiger charge is 2.24. The number of aromatic nitrogens is 2. The maximum Gasteiger partial charge on any atom is 0.407 e. The van der Waals surface area contributed by atoms with E-state index in [-0.39, 0.29) is 22.8 Å². The van der Waals surface area contributed by atoms with Crippen molar-refractivity contribution in [2.24, 2.45) is 0 Å². The Morgan fingerprint density at radius 2 is 1.96 bits per heavy atom. The third kappa shape index (κ3) is 3.58. The minimum atomic E-state index is -3.96. The smallest absolute Gasteiger partial charge is 0.407 e. The molecule has 8 nitrogen and oxygen atoms in total. The molecule has 0 spiro atoms. The lowest BCUT2D eigenvalue weighted by atomic mass is 10.1. The number of hydrogen-bond donors (Lipinski definition) is 1. The number of carbonyl (C=O) groups is 1. The van der Waals surface area contributed by atoms with Crippen molar-refractivity contribution in [3.63, 3.8) is 0 Å². The van der Waals surface area contributed by atoms with E-state index in [1.54, 1.807) is 36.4 Å². The van der Waals surface area contributed by atoms with Crippen LogP contribution < -0.4 is 0 Å². The van der Waals surface area contributed by atoms with Gasteiger partial charge in [0.25, 0.3) is 10.0 Å². The van der Waals surface area contributed by atoms with E-state index >= 15 is 0 Å². The SMILES string of the molecule is CN(Cc1cc(-c2cccnc2C#N)n(S(=O)(=O)c2ccccc2)c1)C(=O)O. The van der Waals surface area contributed by atoms with Crippen LogP contribution in [0.4, 0.5) is 4.79 Å². The van der Waals surface area contributed by atoms with Gasteiger partial charge in [-0.2, -0.15) is 5.26 Å². The topological polar surface area (TPSA) is 116 Å². The van der Waals surface area contributed by atoms with Crippen molar-refractivity contribution in [1.82, 2.24) is 13.9 Å². The molecule has 3 rings (SSSR count). The van der Waals surface area contributed by atoms with Crippen LogP contribution in [0.3, 0.4) is 0 Å². The Hall–Kier alpha value is -3.64. The Morgan fingerprint density at radius 1 is 1.25 bits per heavy atom. The summed E-state index contributed by atoms with van der Waals surface area (Å²) in [7, 11) is -2.58. The predicted octanol–water partition coefficient (Wildman–Crippen LogP) is 2.77. The second-order valence-corrected chi connectivity index (χ2v) is 7.81. The van der Waals surface area contributed by atoms with Gasteiger partial charge in [0.05, 0.1) is 17.1 Å². The molecule has 1 amide bonds. The molecule has 2 heterocycles. The third-order valence-electron chi connectivity index (χ3n) is 4.08. The second-order valence-electron chi connectivity index (χ2n) is 6.00. The zero-order valence-corrected chi connectivity index (χ0v) is 15.7. The van der Waals surface area contributed by atoms with Crippen molar-refractivity contribution in [3.8, 4) is 17.3 Å². The highest BCUT2D eigenvalue weighted by molar-refractivity contribution is 7.90. The molecule has 2 aromatic heterocycles. The molecule has 0 radical (unpaired) electrons. The number of carboxylic acid groups (broad SMARTS) is 1. The van der Waals surface area contributed by atoms with Crippen LogP contribution in [0.5, 0.6) is 0 Å². The molecule has 0 bridgehead atoms. The third-order valence-corrected chi connectivity index (χ3v) is 5.77. The minimum Gasteiger partial charge on any atom is -0.465 e. The minimum absolute atomic E-state index is 0.0121. The molecule has 0 aliphatic carbocycles. The van der Waals surface area contributed by atoms with Crippen molar-refractivity contribution in [2.45, 2.75) is 11.4 Å². The fourth-order valence-corrected chi connectivity index (χ4v) is 4.14. The lowest BCUT2D eigenvalue weighted by Crippen LogP contribution is -2.23. The van der Waals surface area contributed by atoms with E-state index in [4.69, 9.17) is 5.11 Å². The van der Waals surface area contributed by atoms with Crippen LogP contribution in [0, 0.1) is 11.3 Å². The van der Waals surface area contributed by atoms with Gasteiger partial charge in [0.2, 0.25) is 0 Å². The summed E-state index contributed by atoms with van der Waals surface area (Å²) in [6.07, 6.45) is 1.67. The maximum absolute atomic E-state index is 13.2. The normalized spacial score (nSPS) is 11.0. The molecule has 1 N–H and O–H groups in total. The summed E-state index contributed by atoms with van der Waals surface area (Å²) in [5, 5.41) is 18.5. The first-order chi connectivity index (χ1) is 13.3. The Morgan fingerprint density at radius 3 is 2.61 bits per heavy atom. The van der Waals surface area contributed by atoms with E-state index in [0.717, 1.165) is 8.87 Å². The number of hydrogen-bond acceptors (Lipinski definition) is 5. The molecule has 1 aromatic carbocycles. The average molecular weight is 396 g/mol. The van der Waals surface area contributed by atoms with Gasteiger partial charge in [0, 0.05) is 25.0 Å². The molecule has 0 aliphatic rings. The summed E-state index contributed by atoms with van der Waals surface area (Å²) in [5.74, 6) is 0. The molecule has 28 heavy (non-hydrogen) atoms. The number of amides is 1.